The van der Waals surface area contributed by atoms with E-state index in [1.54, 1.807) is 7.11 Å². The number of methoxy groups -OCH3 is 1. The van der Waals surface area contributed by atoms with Gasteiger partial charge in [0.15, 0.2) is 0 Å². The standard InChI is InChI=1S/C28H35N3O6/c1-35-20-9-6-17(7-10-20)15-29-26(33)14-21-13-23-22-12-19(31-28(34)30-18-4-2-3-5-18)8-11-24(22)37-27(23)25(16-32)36-21/h6-12,18,21,23,25,27,32H,2-5,13-16H2,1H3,(H,29,33)(H2,30,31,34)/t21-,23-,25-,27+/m1/s1. The molecule has 0 bridgehead atoms. The van der Waals surface area contributed by atoms with Crippen molar-refractivity contribution in [1.29, 1.82) is 0 Å². The fraction of sp³-hybridized carbons (Fsp3) is 0.500. The van der Waals surface area contributed by atoms with E-state index in [0.717, 1.165) is 48.3 Å². The van der Waals surface area contributed by atoms with Crippen LogP contribution in [0.15, 0.2) is 42.5 Å². The maximum Gasteiger partial charge on any atom is 0.319 e. The second-order valence-corrected chi connectivity index (χ2v) is 10.1. The highest BCUT2D eigenvalue weighted by molar-refractivity contribution is 5.89. The first-order valence-electron chi connectivity index (χ1n) is 13.1. The number of hydrogen-bond acceptors (Lipinski definition) is 6. The van der Waals surface area contributed by atoms with Gasteiger partial charge < -0.3 is 35.3 Å². The number of benzene rings is 2. The van der Waals surface area contributed by atoms with Gasteiger partial charge in [0, 0.05) is 29.8 Å². The summed E-state index contributed by atoms with van der Waals surface area (Å²) < 4.78 is 17.4. The van der Waals surface area contributed by atoms with Crippen LogP contribution < -0.4 is 25.4 Å². The third kappa shape index (κ3) is 5.99. The van der Waals surface area contributed by atoms with E-state index < -0.39 is 6.10 Å². The molecule has 4 N–H and O–H groups in total. The molecule has 0 spiro atoms. The molecule has 2 aromatic rings. The molecule has 198 valence electrons. The smallest absolute Gasteiger partial charge is 0.319 e. The maximum absolute atomic E-state index is 12.7. The first-order chi connectivity index (χ1) is 18.0. The average Bonchev–Trinajstić information content (AvgIpc) is 3.55. The highest BCUT2D eigenvalue weighted by atomic mass is 16.6. The average molecular weight is 510 g/mol. The number of nitrogens with one attached hydrogen (secondary N) is 3. The number of rotatable bonds is 8. The lowest BCUT2D eigenvalue weighted by atomic mass is 9.84. The molecule has 2 fully saturated rings. The summed E-state index contributed by atoms with van der Waals surface area (Å²) >= 11 is 0. The molecule has 0 unspecified atom stereocenters. The lowest BCUT2D eigenvalue weighted by Gasteiger charge is -2.37. The number of hydrogen-bond donors (Lipinski definition) is 4. The first kappa shape index (κ1) is 25.4. The number of carbonyl (C=O) groups is 2. The Labute approximate surface area is 216 Å². The van der Waals surface area contributed by atoms with Crippen LogP contribution in [-0.2, 0) is 16.1 Å². The van der Waals surface area contributed by atoms with E-state index >= 15 is 0 Å². The number of amides is 3. The van der Waals surface area contributed by atoms with Crippen LogP contribution in [0.3, 0.4) is 0 Å². The van der Waals surface area contributed by atoms with Crippen molar-refractivity contribution in [2.24, 2.45) is 0 Å². The van der Waals surface area contributed by atoms with Crippen LogP contribution in [0.2, 0.25) is 0 Å². The minimum atomic E-state index is -0.535. The van der Waals surface area contributed by atoms with Crippen molar-refractivity contribution in [3.63, 3.8) is 0 Å². The highest BCUT2D eigenvalue weighted by Gasteiger charge is 2.46. The second-order valence-electron chi connectivity index (χ2n) is 10.1. The predicted molar refractivity (Wildman–Crippen MR) is 138 cm³/mol. The van der Waals surface area contributed by atoms with E-state index in [1.807, 2.05) is 42.5 Å². The molecule has 3 amide bonds. The number of fused-ring (bicyclic) bond motifs is 3. The summed E-state index contributed by atoms with van der Waals surface area (Å²) in [6, 6.07) is 13.2. The van der Waals surface area contributed by atoms with Crippen LogP contribution in [-0.4, -0.2) is 55.1 Å². The van der Waals surface area contributed by atoms with Crippen LogP contribution in [0.5, 0.6) is 11.5 Å². The topological polar surface area (TPSA) is 118 Å². The van der Waals surface area contributed by atoms with E-state index in [4.69, 9.17) is 14.2 Å². The molecule has 3 aliphatic rings. The van der Waals surface area contributed by atoms with Gasteiger partial charge in [0.05, 0.1) is 26.2 Å². The molecular weight excluding hydrogens is 474 g/mol. The molecule has 0 radical (unpaired) electrons. The van der Waals surface area contributed by atoms with Crippen LogP contribution in [0, 0.1) is 0 Å². The number of ether oxygens (including phenoxy) is 3. The van der Waals surface area contributed by atoms with Gasteiger partial charge in [-0.1, -0.05) is 25.0 Å². The van der Waals surface area contributed by atoms with Crippen LogP contribution in [0.4, 0.5) is 10.5 Å². The van der Waals surface area contributed by atoms with Gasteiger partial charge in [0.1, 0.15) is 23.7 Å². The number of carbonyl (C=O) groups excluding carboxylic acids is 2. The lowest BCUT2D eigenvalue weighted by Crippen LogP contribution is -2.47. The molecule has 5 rings (SSSR count). The molecule has 9 heteroatoms. The number of aliphatic hydroxyl groups is 1. The van der Waals surface area contributed by atoms with Gasteiger partial charge in [0.2, 0.25) is 5.91 Å². The Bertz CT molecular complexity index is 1100. The van der Waals surface area contributed by atoms with E-state index in [2.05, 4.69) is 16.0 Å². The predicted octanol–water partition coefficient (Wildman–Crippen LogP) is 3.46. The number of urea groups is 1. The second kappa shape index (κ2) is 11.4. The highest BCUT2D eigenvalue weighted by Crippen LogP contribution is 2.47. The monoisotopic (exact) mass is 509 g/mol. The quantitative estimate of drug-likeness (QED) is 0.433. The third-order valence-electron chi connectivity index (χ3n) is 7.51. The maximum atomic E-state index is 12.7. The Morgan fingerprint density at radius 1 is 1.11 bits per heavy atom. The normalized spacial score (nSPS) is 24.5. The van der Waals surface area contributed by atoms with Gasteiger partial charge >= 0.3 is 6.03 Å². The first-order valence-corrected chi connectivity index (χ1v) is 13.1. The summed E-state index contributed by atoms with van der Waals surface area (Å²) in [4.78, 5) is 25.2. The van der Waals surface area contributed by atoms with Crippen LogP contribution in [0.1, 0.15) is 55.6 Å². The fourth-order valence-corrected chi connectivity index (χ4v) is 5.61. The summed E-state index contributed by atoms with van der Waals surface area (Å²) in [5.74, 6) is 1.33. The van der Waals surface area contributed by atoms with Crippen molar-refractivity contribution in [3.05, 3.63) is 53.6 Å². The van der Waals surface area contributed by atoms with Gasteiger partial charge in [-0.2, -0.15) is 0 Å². The zero-order valence-corrected chi connectivity index (χ0v) is 21.1. The van der Waals surface area contributed by atoms with Gasteiger partial charge in [-0.15, -0.1) is 0 Å². The van der Waals surface area contributed by atoms with Gasteiger partial charge in [-0.3, -0.25) is 4.79 Å². The molecule has 2 aliphatic heterocycles. The molecule has 2 heterocycles. The SMILES string of the molecule is COc1ccc(CNC(=O)C[C@H]2C[C@@H]3c4cc(NC(=O)NC5CCCC5)ccc4O[C@@H]3[C@@H](CO)O2)cc1. The molecule has 1 aliphatic carbocycles. The Kier molecular flexibility index (Phi) is 7.81. The molecule has 37 heavy (non-hydrogen) atoms. The lowest BCUT2D eigenvalue weighted by molar-refractivity contribution is -0.142. The molecule has 2 aromatic carbocycles. The minimum Gasteiger partial charge on any atom is -0.497 e. The Balaban J connectivity index is 1.20. The van der Waals surface area contributed by atoms with Crippen molar-refractivity contribution in [2.45, 2.75) is 75.3 Å². The molecule has 9 nitrogen and oxygen atoms in total. The van der Waals surface area contributed by atoms with Gasteiger partial charge in [-0.25, -0.2) is 4.79 Å². The minimum absolute atomic E-state index is 0.0417. The summed E-state index contributed by atoms with van der Waals surface area (Å²) in [5.41, 5.74) is 2.63. The van der Waals surface area contributed by atoms with Crippen molar-refractivity contribution < 1.29 is 28.9 Å². The van der Waals surface area contributed by atoms with Gasteiger partial charge in [-0.05, 0) is 55.2 Å². The fourth-order valence-electron chi connectivity index (χ4n) is 5.61. The largest absolute Gasteiger partial charge is 0.497 e. The van der Waals surface area contributed by atoms with Crippen molar-refractivity contribution in [1.82, 2.24) is 10.6 Å². The molecular formula is C28H35N3O6. The zero-order valence-electron chi connectivity index (χ0n) is 21.1. The Morgan fingerprint density at radius 2 is 1.89 bits per heavy atom. The molecule has 1 saturated heterocycles. The summed E-state index contributed by atoms with van der Waals surface area (Å²) in [7, 11) is 1.62. The number of anilines is 1. The summed E-state index contributed by atoms with van der Waals surface area (Å²) in [5, 5.41) is 18.9. The van der Waals surface area contributed by atoms with Crippen molar-refractivity contribution >= 4 is 17.6 Å². The van der Waals surface area contributed by atoms with Crippen LogP contribution in [0.25, 0.3) is 0 Å². The molecule has 4 atom stereocenters. The van der Waals surface area contributed by atoms with Crippen LogP contribution >= 0.6 is 0 Å². The third-order valence-corrected chi connectivity index (χ3v) is 7.51. The van der Waals surface area contributed by atoms with E-state index in [0.29, 0.717) is 18.7 Å². The van der Waals surface area contributed by atoms with Crippen molar-refractivity contribution in [2.75, 3.05) is 19.0 Å². The Morgan fingerprint density at radius 3 is 2.62 bits per heavy atom. The van der Waals surface area contributed by atoms with E-state index in [1.165, 1.54) is 0 Å². The summed E-state index contributed by atoms with van der Waals surface area (Å²) in [6.07, 6.45) is 3.90. The zero-order chi connectivity index (χ0) is 25.8. The molecule has 1 saturated carbocycles. The Hall–Kier alpha value is -3.30. The van der Waals surface area contributed by atoms with E-state index in [-0.39, 0.29) is 49.1 Å². The summed E-state index contributed by atoms with van der Waals surface area (Å²) in [6.45, 7) is 0.211. The van der Waals surface area contributed by atoms with E-state index in [9.17, 15) is 14.7 Å². The van der Waals surface area contributed by atoms with Gasteiger partial charge in [0.25, 0.3) is 0 Å². The molecule has 0 aromatic heterocycles. The number of aliphatic hydroxyl groups excluding tert-OH is 1. The van der Waals surface area contributed by atoms with Crippen molar-refractivity contribution in [3.8, 4) is 11.5 Å².